The lowest BCUT2D eigenvalue weighted by molar-refractivity contribution is -0.142. The highest BCUT2D eigenvalue weighted by atomic mass is 16.5. The molecule has 0 aliphatic heterocycles. The van der Waals surface area contributed by atoms with E-state index in [0.29, 0.717) is 34.5 Å². The first-order chi connectivity index (χ1) is 17.8. The zero-order chi connectivity index (χ0) is 28.3. The molecule has 2 aromatic carbocycles. The molecule has 0 saturated heterocycles. The van der Waals surface area contributed by atoms with Crippen LogP contribution in [0.3, 0.4) is 0 Å². The van der Waals surface area contributed by atoms with Gasteiger partial charge >= 0.3 is 11.9 Å². The number of benzene rings is 2. The van der Waals surface area contributed by atoms with Crippen molar-refractivity contribution in [1.29, 1.82) is 0 Å². The van der Waals surface area contributed by atoms with Crippen LogP contribution in [0.25, 0.3) is 21.9 Å². The molecule has 2 aromatic heterocycles. The van der Waals surface area contributed by atoms with Crippen molar-refractivity contribution in [2.45, 2.75) is 54.4 Å². The van der Waals surface area contributed by atoms with Gasteiger partial charge in [-0.15, -0.1) is 0 Å². The number of ether oxygens (including phenoxy) is 1. The number of carboxylic acids is 1. The molecule has 0 saturated carbocycles. The smallest absolute Gasteiger partial charge is 0.310 e. The SMILES string of the molecule is CCOC(=O)Cc1c(C)oc2cc(C)c(C)cc2c1=O.Cc1cc2c(=O)c(CC(=O)O)c(C)oc2cc1O. The van der Waals surface area contributed by atoms with Crippen molar-refractivity contribution in [2.24, 2.45) is 0 Å². The van der Waals surface area contributed by atoms with Gasteiger partial charge in [-0.25, -0.2) is 0 Å². The molecule has 2 N–H and O–H groups in total. The van der Waals surface area contributed by atoms with Gasteiger partial charge in [0.1, 0.15) is 28.4 Å². The van der Waals surface area contributed by atoms with Crippen molar-refractivity contribution < 1.29 is 33.4 Å². The fraction of sp³-hybridized carbons (Fsp3) is 0.310. The molecule has 200 valence electrons. The maximum absolute atomic E-state index is 12.5. The predicted molar refractivity (Wildman–Crippen MR) is 142 cm³/mol. The Morgan fingerprint density at radius 3 is 1.76 bits per heavy atom. The molecule has 0 spiro atoms. The predicted octanol–water partition coefficient (Wildman–Crippen LogP) is 4.57. The first-order valence-corrected chi connectivity index (χ1v) is 12.0. The van der Waals surface area contributed by atoms with Crippen LogP contribution < -0.4 is 10.9 Å². The number of aryl methyl sites for hydroxylation is 5. The van der Waals surface area contributed by atoms with E-state index < -0.39 is 11.9 Å². The molecule has 4 aromatic rings. The van der Waals surface area contributed by atoms with Crippen LogP contribution in [0.15, 0.2) is 42.7 Å². The quantitative estimate of drug-likeness (QED) is 0.360. The molecule has 9 nitrogen and oxygen atoms in total. The van der Waals surface area contributed by atoms with E-state index in [9.17, 15) is 24.3 Å². The Labute approximate surface area is 218 Å². The van der Waals surface area contributed by atoms with Crippen molar-refractivity contribution in [2.75, 3.05) is 6.61 Å². The summed E-state index contributed by atoms with van der Waals surface area (Å²) < 4.78 is 16.0. The fourth-order valence-electron chi connectivity index (χ4n) is 4.01. The molecule has 0 atom stereocenters. The number of aromatic hydroxyl groups is 1. The minimum absolute atomic E-state index is 0.0380. The average molecular weight is 523 g/mol. The van der Waals surface area contributed by atoms with Gasteiger partial charge in [0.05, 0.1) is 30.2 Å². The van der Waals surface area contributed by atoms with E-state index in [1.165, 1.54) is 19.1 Å². The highest BCUT2D eigenvalue weighted by Crippen LogP contribution is 2.24. The van der Waals surface area contributed by atoms with Gasteiger partial charge < -0.3 is 23.8 Å². The lowest BCUT2D eigenvalue weighted by Gasteiger charge is -2.08. The number of carbonyl (C=O) groups is 2. The third-order valence-corrected chi connectivity index (χ3v) is 6.26. The number of hydrogen-bond donors (Lipinski definition) is 2. The van der Waals surface area contributed by atoms with Crippen LogP contribution in [0.5, 0.6) is 5.75 Å². The number of carbonyl (C=O) groups excluding carboxylic acids is 1. The maximum atomic E-state index is 12.5. The summed E-state index contributed by atoms with van der Waals surface area (Å²) in [6.07, 6.45) is -0.422. The number of hydrogen-bond acceptors (Lipinski definition) is 8. The van der Waals surface area contributed by atoms with E-state index >= 15 is 0 Å². The second-order valence-electron chi connectivity index (χ2n) is 9.05. The Kier molecular flexibility index (Phi) is 8.40. The molecule has 9 heteroatoms. The summed E-state index contributed by atoms with van der Waals surface area (Å²) in [7, 11) is 0. The third-order valence-electron chi connectivity index (χ3n) is 6.26. The summed E-state index contributed by atoms with van der Waals surface area (Å²) in [5.41, 5.74) is 3.45. The molecule has 4 rings (SSSR count). The first kappa shape index (κ1) is 28.2. The molecule has 2 heterocycles. The van der Waals surface area contributed by atoms with Gasteiger partial charge in [0.15, 0.2) is 10.9 Å². The van der Waals surface area contributed by atoms with E-state index in [1.807, 2.05) is 26.0 Å². The largest absolute Gasteiger partial charge is 0.508 e. The van der Waals surface area contributed by atoms with Crippen LogP contribution in [-0.2, 0) is 27.2 Å². The molecule has 38 heavy (non-hydrogen) atoms. The topological polar surface area (TPSA) is 144 Å². The Morgan fingerprint density at radius 2 is 1.24 bits per heavy atom. The van der Waals surface area contributed by atoms with Crippen LogP contribution in [0.4, 0.5) is 0 Å². The zero-order valence-electron chi connectivity index (χ0n) is 22.2. The Bertz CT molecular complexity index is 1670. The van der Waals surface area contributed by atoms with Crippen LogP contribution in [0, 0.1) is 34.6 Å². The first-order valence-electron chi connectivity index (χ1n) is 12.0. The number of carboxylic acid groups (broad SMARTS) is 1. The summed E-state index contributed by atoms with van der Waals surface area (Å²) in [4.78, 5) is 46.9. The van der Waals surface area contributed by atoms with E-state index in [-0.39, 0.29) is 51.7 Å². The number of aliphatic carboxylic acids is 1. The Hall–Kier alpha value is -4.40. The van der Waals surface area contributed by atoms with Crippen molar-refractivity contribution in [3.63, 3.8) is 0 Å². The molecular formula is C29H30O9. The summed E-state index contributed by atoms with van der Waals surface area (Å²) in [5, 5.41) is 19.1. The van der Waals surface area contributed by atoms with Gasteiger partial charge in [0.2, 0.25) is 0 Å². The monoisotopic (exact) mass is 522 g/mol. The number of esters is 1. The van der Waals surface area contributed by atoms with Crippen molar-refractivity contribution in [3.8, 4) is 5.75 Å². The van der Waals surface area contributed by atoms with E-state index in [1.54, 1.807) is 20.8 Å². The van der Waals surface area contributed by atoms with Crippen LogP contribution >= 0.6 is 0 Å². The van der Waals surface area contributed by atoms with Gasteiger partial charge in [0.25, 0.3) is 0 Å². The van der Waals surface area contributed by atoms with Gasteiger partial charge in [-0.2, -0.15) is 0 Å². The van der Waals surface area contributed by atoms with E-state index in [0.717, 1.165) is 11.1 Å². The molecule has 0 unspecified atom stereocenters. The summed E-state index contributed by atoms with van der Waals surface area (Å²) in [6.45, 7) is 10.8. The third kappa shape index (κ3) is 5.94. The van der Waals surface area contributed by atoms with Crippen molar-refractivity contribution >= 4 is 33.9 Å². The summed E-state index contributed by atoms with van der Waals surface area (Å²) in [5.74, 6) is -0.723. The molecule has 0 amide bonds. The highest BCUT2D eigenvalue weighted by Gasteiger charge is 2.17. The normalized spacial score (nSPS) is 10.8. The number of fused-ring (bicyclic) bond motifs is 2. The highest BCUT2D eigenvalue weighted by molar-refractivity contribution is 5.82. The van der Waals surface area contributed by atoms with Crippen molar-refractivity contribution in [1.82, 2.24) is 0 Å². The molecule has 0 radical (unpaired) electrons. The lowest BCUT2D eigenvalue weighted by Crippen LogP contribution is -2.17. The number of phenolic OH excluding ortho intramolecular Hbond substituents is 1. The van der Waals surface area contributed by atoms with Gasteiger partial charge in [0, 0.05) is 17.2 Å². The number of phenols is 1. The minimum Gasteiger partial charge on any atom is -0.508 e. The second-order valence-corrected chi connectivity index (χ2v) is 9.05. The van der Waals surface area contributed by atoms with E-state index in [2.05, 4.69) is 0 Å². The molecular weight excluding hydrogens is 492 g/mol. The second kappa shape index (κ2) is 11.3. The molecule has 0 bridgehead atoms. The van der Waals surface area contributed by atoms with E-state index in [4.69, 9.17) is 18.7 Å². The fourth-order valence-corrected chi connectivity index (χ4v) is 4.01. The van der Waals surface area contributed by atoms with Crippen LogP contribution in [0.2, 0.25) is 0 Å². The lowest BCUT2D eigenvalue weighted by atomic mass is 10.0. The average Bonchev–Trinajstić information content (AvgIpc) is 2.83. The standard InChI is InChI=1S/C16H18O4.C13H12O5/c1-5-19-15(17)8-12-11(4)20-14-7-10(3)9(2)6-13(14)16(12)18;1-6-3-9-11(5-10(6)14)18-7(2)8(13(9)17)4-12(15)16/h6-7H,5,8H2,1-4H3;3,5,14H,4H2,1-2H3,(H,15,16). The molecule has 0 aliphatic carbocycles. The van der Waals surface area contributed by atoms with Crippen LogP contribution in [0.1, 0.15) is 46.3 Å². The minimum atomic E-state index is -1.08. The van der Waals surface area contributed by atoms with Gasteiger partial charge in [-0.1, -0.05) is 0 Å². The maximum Gasteiger partial charge on any atom is 0.310 e. The number of rotatable bonds is 5. The van der Waals surface area contributed by atoms with Crippen molar-refractivity contribution in [3.05, 3.63) is 84.0 Å². The van der Waals surface area contributed by atoms with Crippen LogP contribution in [-0.4, -0.2) is 28.8 Å². The van der Waals surface area contributed by atoms with Gasteiger partial charge in [-0.05, 0) is 76.4 Å². The Balaban J connectivity index is 0.000000212. The summed E-state index contributed by atoms with van der Waals surface area (Å²) in [6, 6.07) is 6.53. The zero-order valence-corrected chi connectivity index (χ0v) is 22.2. The molecule has 0 aliphatic rings. The summed E-state index contributed by atoms with van der Waals surface area (Å²) >= 11 is 0. The molecule has 0 fully saturated rings. The Morgan fingerprint density at radius 1 is 0.763 bits per heavy atom. The van der Waals surface area contributed by atoms with Gasteiger partial charge in [-0.3, -0.25) is 19.2 Å².